The number of hydrogen-bond donors (Lipinski definition) is 2. The van der Waals surface area contributed by atoms with Gasteiger partial charge in [0, 0.05) is 12.1 Å². The Kier molecular flexibility index (Phi) is 4.85. The van der Waals surface area contributed by atoms with Crippen LogP contribution >= 0.6 is 24.8 Å². The molecule has 0 aromatic carbocycles. The summed E-state index contributed by atoms with van der Waals surface area (Å²) in [5.74, 6) is 0.966. The maximum absolute atomic E-state index is 5.71. The van der Waals surface area contributed by atoms with Crippen molar-refractivity contribution >= 4 is 24.8 Å². The zero-order valence-corrected chi connectivity index (χ0v) is 8.85. The molecule has 2 bridgehead atoms. The minimum absolute atomic E-state index is 0. The van der Waals surface area contributed by atoms with Gasteiger partial charge in [-0.15, -0.1) is 24.8 Å². The first-order chi connectivity index (χ1) is 4.85. The first-order valence-electron chi connectivity index (χ1n) is 4.30. The SMILES string of the molecule is Cl.Cl.NCC12CCC(CC1)CN2. The molecule has 12 heavy (non-hydrogen) atoms. The summed E-state index contributed by atoms with van der Waals surface area (Å²) in [6.45, 7) is 2.05. The highest BCUT2D eigenvalue weighted by Gasteiger charge is 2.38. The Morgan fingerprint density at radius 1 is 1.25 bits per heavy atom. The number of piperidine rings is 2. The van der Waals surface area contributed by atoms with E-state index in [1.54, 1.807) is 0 Å². The summed E-state index contributed by atoms with van der Waals surface area (Å²) in [5.41, 5.74) is 6.07. The third-order valence-electron chi connectivity index (χ3n) is 3.22. The lowest BCUT2D eigenvalue weighted by molar-refractivity contribution is 0.125. The van der Waals surface area contributed by atoms with Crippen LogP contribution in [0.1, 0.15) is 25.7 Å². The van der Waals surface area contributed by atoms with Gasteiger partial charge in [0.25, 0.3) is 0 Å². The van der Waals surface area contributed by atoms with Crippen molar-refractivity contribution in [2.75, 3.05) is 13.1 Å². The van der Waals surface area contributed by atoms with E-state index < -0.39 is 0 Å². The van der Waals surface area contributed by atoms with Crippen LogP contribution in [0, 0.1) is 5.92 Å². The quantitative estimate of drug-likeness (QED) is 0.689. The molecule has 3 N–H and O–H groups in total. The van der Waals surface area contributed by atoms with Crippen molar-refractivity contribution < 1.29 is 0 Å². The fourth-order valence-corrected chi connectivity index (χ4v) is 2.25. The molecule has 0 amide bonds. The average molecular weight is 213 g/mol. The maximum Gasteiger partial charge on any atom is 0.0304 e. The Balaban J connectivity index is 0.000000605. The molecular formula is C8H18Cl2N2. The third kappa shape index (κ3) is 2.05. The zero-order valence-electron chi connectivity index (χ0n) is 7.21. The molecule has 2 nitrogen and oxygen atoms in total. The van der Waals surface area contributed by atoms with E-state index in [1.807, 2.05) is 0 Å². The highest BCUT2D eigenvalue weighted by molar-refractivity contribution is 5.85. The predicted octanol–water partition coefficient (Wildman–Crippen LogP) is 1.32. The molecule has 0 radical (unpaired) electrons. The Bertz CT molecular complexity index is 119. The second kappa shape index (κ2) is 4.66. The van der Waals surface area contributed by atoms with Gasteiger partial charge in [0.15, 0.2) is 0 Å². The Morgan fingerprint density at radius 2 is 1.83 bits per heavy atom. The standard InChI is InChI=1S/C8H16N2.2ClH/c9-6-8-3-1-7(2-4-8)5-10-8;;/h7,10H,1-6,9H2;2*1H. The lowest BCUT2D eigenvalue weighted by atomic mass is 9.72. The van der Waals surface area contributed by atoms with Crippen LogP contribution in [0.5, 0.6) is 0 Å². The van der Waals surface area contributed by atoms with Gasteiger partial charge in [-0.05, 0) is 38.1 Å². The molecule has 4 heteroatoms. The monoisotopic (exact) mass is 212 g/mol. The Hall–Kier alpha value is 0.500. The molecule has 2 saturated heterocycles. The molecule has 0 aromatic heterocycles. The predicted molar refractivity (Wildman–Crippen MR) is 56.2 cm³/mol. The minimum atomic E-state index is 0. The molecular weight excluding hydrogens is 195 g/mol. The van der Waals surface area contributed by atoms with Crippen LogP contribution in [0.2, 0.25) is 0 Å². The van der Waals surface area contributed by atoms with Crippen LogP contribution in [0.25, 0.3) is 0 Å². The molecule has 1 aliphatic carbocycles. The van der Waals surface area contributed by atoms with Gasteiger partial charge in [-0.1, -0.05) is 0 Å². The van der Waals surface area contributed by atoms with Crippen molar-refractivity contribution in [1.82, 2.24) is 5.32 Å². The fraction of sp³-hybridized carbons (Fsp3) is 1.00. The van der Waals surface area contributed by atoms with E-state index in [4.69, 9.17) is 5.73 Å². The number of rotatable bonds is 1. The molecule has 0 unspecified atom stereocenters. The maximum atomic E-state index is 5.71. The van der Waals surface area contributed by atoms with E-state index in [9.17, 15) is 0 Å². The lowest BCUT2D eigenvalue weighted by Gasteiger charge is -2.46. The largest absolute Gasteiger partial charge is 0.329 e. The first-order valence-corrected chi connectivity index (χ1v) is 4.30. The van der Waals surface area contributed by atoms with Gasteiger partial charge in [0.05, 0.1) is 0 Å². The number of halogens is 2. The van der Waals surface area contributed by atoms with Crippen LogP contribution in [-0.2, 0) is 0 Å². The smallest absolute Gasteiger partial charge is 0.0304 e. The number of nitrogens with one attached hydrogen (secondary N) is 1. The summed E-state index contributed by atoms with van der Waals surface area (Å²) in [6, 6.07) is 0. The summed E-state index contributed by atoms with van der Waals surface area (Å²) in [4.78, 5) is 0. The van der Waals surface area contributed by atoms with E-state index >= 15 is 0 Å². The van der Waals surface area contributed by atoms with Crippen LogP contribution in [-0.4, -0.2) is 18.6 Å². The molecule has 3 fully saturated rings. The van der Waals surface area contributed by atoms with Gasteiger partial charge in [-0.3, -0.25) is 0 Å². The summed E-state index contributed by atoms with van der Waals surface area (Å²) in [5, 5.41) is 3.56. The van der Waals surface area contributed by atoms with Crippen LogP contribution in [0.4, 0.5) is 0 Å². The molecule has 1 saturated carbocycles. The molecule has 0 spiro atoms. The van der Waals surface area contributed by atoms with Crippen molar-refractivity contribution in [3.05, 3.63) is 0 Å². The van der Waals surface area contributed by atoms with Crippen molar-refractivity contribution in [2.45, 2.75) is 31.2 Å². The molecule has 2 aliphatic heterocycles. The van der Waals surface area contributed by atoms with Crippen LogP contribution in [0.15, 0.2) is 0 Å². The van der Waals surface area contributed by atoms with Crippen molar-refractivity contribution in [1.29, 1.82) is 0 Å². The van der Waals surface area contributed by atoms with Gasteiger partial charge in [0.1, 0.15) is 0 Å². The summed E-state index contributed by atoms with van der Waals surface area (Å²) < 4.78 is 0. The minimum Gasteiger partial charge on any atom is -0.329 e. The van der Waals surface area contributed by atoms with E-state index in [2.05, 4.69) is 5.32 Å². The van der Waals surface area contributed by atoms with E-state index in [-0.39, 0.29) is 24.8 Å². The zero-order chi connectivity index (χ0) is 7.03. The second-order valence-corrected chi connectivity index (χ2v) is 3.81. The summed E-state index contributed by atoms with van der Waals surface area (Å²) >= 11 is 0. The molecule has 0 aromatic rings. The second-order valence-electron chi connectivity index (χ2n) is 3.81. The Morgan fingerprint density at radius 3 is 2.08 bits per heavy atom. The average Bonchev–Trinajstić information content (AvgIpc) is 2.08. The molecule has 0 atom stereocenters. The topological polar surface area (TPSA) is 38.0 Å². The number of hydrogen-bond acceptors (Lipinski definition) is 2. The van der Waals surface area contributed by atoms with Gasteiger partial charge in [-0.2, -0.15) is 0 Å². The highest BCUT2D eigenvalue weighted by Crippen LogP contribution is 2.35. The van der Waals surface area contributed by atoms with Gasteiger partial charge < -0.3 is 11.1 Å². The van der Waals surface area contributed by atoms with Crippen molar-refractivity contribution in [2.24, 2.45) is 11.7 Å². The van der Waals surface area contributed by atoms with Crippen molar-refractivity contribution in [3.63, 3.8) is 0 Å². The number of fused-ring (bicyclic) bond motifs is 3. The van der Waals surface area contributed by atoms with Crippen LogP contribution < -0.4 is 11.1 Å². The van der Waals surface area contributed by atoms with Crippen LogP contribution in [0.3, 0.4) is 0 Å². The van der Waals surface area contributed by atoms with Gasteiger partial charge in [-0.25, -0.2) is 0 Å². The summed E-state index contributed by atoms with van der Waals surface area (Å²) in [7, 11) is 0. The van der Waals surface area contributed by atoms with Gasteiger partial charge in [0.2, 0.25) is 0 Å². The van der Waals surface area contributed by atoms with E-state index in [1.165, 1.54) is 32.2 Å². The van der Waals surface area contributed by atoms with Crippen molar-refractivity contribution in [3.8, 4) is 0 Å². The van der Waals surface area contributed by atoms with Gasteiger partial charge >= 0.3 is 0 Å². The lowest BCUT2D eigenvalue weighted by Crippen LogP contribution is -2.59. The Labute approximate surface area is 86.5 Å². The first kappa shape index (κ1) is 12.5. The molecule has 2 heterocycles. The molecule has 74 valence electrons. The highest BCUT2D eigenvalue weighted by atomic mass is 35.5. The normalized spacial score (nSPS) is 38.2. The third-order valence-corrected chi connectivity index (χ3v) is 3.22. The van der Waals surface area contributed by atoms with E-state index in [0.29, 0.717) is 5.54 Å². The molecule has 3 rings (SSSR count). The molecule has 3 aliphatic rings. The fourth-order valence-electron chi connectivity index (χ4n) is 2.25. The number of nitrogens with two attached hydrogens (primary N) is 1. The summed E-state index contributed by atoms with van der Waals surface area (Å²) in [6.07, 6.45) is 5.44. The van der Waals surface area contributed by atoms with E-state index in [0.717, 1.165) is 12.5 Å².